The van der Waals surface area contributed by atoms with E-state index in [0.29, 0.717) is 13.0 Å². The molecule has 0 saturated heterocycles. The van der Waals surface area contributed by atoms with Gasteiger partial charge in [0.2, 0.25) is 0 Å². The van der Waals surface area contributed by atoms with Crippen LogP contribution in [0.3, 0.4) is 0 Å². The number of hydrogen-bond donors (Lipinski definition) is 2. The summed E-state index contributed by atoms with van der Waals surface area (Å²) in [5, 5.41) is 22.8. The standard InChI is InChI=1S/C13H15ClN2O4/c14-12-6-9(16(19)20)2-4-11(12)13(18)15-7-8-1-3-10(17)5-8/h2,4,6,8,10,17H,1,3,5,7H2,(H,15,18). The Hall–Kier alpha value is -1.66. The summed E-state index contributed by atoms with van der Waals surface area (Å²) in [4.78, 5) is 22.0. The van der Waals surface area contributed by atoms with Gasteiger partial charge in [0, 0.05) is 18.7 Å². The van der Waals surface area contributed by atoms with Gasteiger partial charge >= 0.3 is 0 Å². The van der Waals surface area contributed by atoms with E-state index in [4.69, 9.17) is 11.6 Å². The lowest BCUT2D eigenvalue weighted by Crippen LogP contribution is -2.28. The van der Waals surface area contributed by atoms with Gasteiger partial charge in [-0.25, -0.2) is 0 Å². The van der Waals surface area contributed by atoms with E-state index in [1.165, 1.54) is 12.1 Å². The van der Waals surface area contributed by atoms with E-state index in [0.717, 1.165) is 18.9 Å². The highest BCUT2D eigenvalue weighted by molar-refractivity contribution is 6.34. The quantitative estimate of drug-likeness (QED) is 0.658. The number of nitrogens with zero attached hydrogens (tertiary/aromatic N) is 1. The van der Waals surface area contributed by atoms with E-state index in [9.17, 15) is 20.0 Å². The lowest BCUT2D eigenvalue weighted by atomic mass is 10.1. The molecule has 1 aliphatic rings. The van der Waals surface area contributed by atoms with Crippen LogP contribution in [-0.2, 0) is 0 Å². The van der Waals surface area contributed by atoms with Crippen molar-refractivity contribution < 1.29 is 14.8 Å². The van der Waals surface area contributed by atoms with Gasteiger partial charge in [-0.05, 0) is 31.2 Å². The van der Waals surface area contributed by atoms with E-state index in [2.05, 4.69) is 5.32 Å². The minimum atomic E-state index is -0.562. The Labute approximate surface area is 120 Å². The van der Waals surface area contributed by atoms with Crippen molar-refractivity contribution in [3.05, 3.63) is 38.9 Å². The minimum absolute atomic E-state index is 0.0585. The predicted octanol–water partition coefficient (Wildman–Crippen LogP) is 2.14. The van der Waals surface area contributed by atoms with E-state index in [1.54, 1.807) is 0 Å². The third-order valence-corrected chi connectivity index (χ3v) is 3.79. The molecule has 0 bridgehead atoms. The van der Waals surface area contributed by atoms with Crippen LogP contribution in [0, 0.1) is 16.0 Å². The Bertz CT molecular complexity index is 535. The van der Waals surface area contributed by atoms with Crippen molar-refractivity contribution in [3.8, 4) is 0 Å². The van der Waals surface area contributed by atoms with E-state index in [-0.39, 0.29) is 34.2 Å². The van der Waals surface area contributed by atoms with Crippen LogP contribution >= 0.6 is 11.6 Å². The van der Waals surface area contributed by atoms with Crippen LogP contribution in [-0.4, -0.2) is 28.6 Å². The van der Waals surface area contributed by atoms with Gasteiger partial charge in [0.25, 0.3) is 11.6 Å². The third kappa shape index (κ3) is 3.46. The Morgan fingerprint density at radius 3 is 2.80 bits per heavy atom. The molecule has 7 heteroatoms. The van der Waals surface area contributed by atoms with Crippen LogP contribution in [0.15, 0.2) is 18.2 Å². The number of aliphatic hydroxyl groups is 1. The molecular formula is C13H15ClN2O4. The van der Waals surface area contributed by atoms with Gasteiger partial charge in [0.15, 0.2) is 0 Å². The average molecular weight is 299 g/mol. The molecule has 0 spiro atoms. The zero-order valence-corrected chi connectivity index (χ0v) is 11.5. The molecule has 1 aliphatic carbocycles. The number of carbonyl (C=O) groups is 1. The molecule has 1 fully saturated rings. The molecule has 1 amide bonds. The van der Waals surface area contributed by atoms with Crippen molar-refractivity contribution in [1.29, 1.82) is 0 Å². The Morgan fingerprint density at radius 1 is 1.50 bits per heavy atom. The molecule has 108 valence electrons. The lowest BCUT2D eigenvalue weighted by Gasteiger charge is -2.11. The van der Waals surface area contributed by atoms with Gasteiger partial charge < -0.3 is 10.4 Å². The van der Waals surface area contributed by atoms with Crippen LogP contribution in [0.25, 0.3) is 0 Å². The summed E-state index contributed by atoms with van der Waals surface area (Å²) in [6.07, 6.45) is 2.06. The second-order valence-corrected chi connectivity index (χ2v) is 5.37. The van der Waals surface area contributed by atoms with Gasteiger partial charge in [-0.2, -0.15) is 0 Å². The van der Waals surface area contributed by atoms with Crippen molar-refractivity contribution >= 4 is 23.2 Å². The largest absolute Gasteiger partial charge is 0.393 e. The molecular weight excluding hydrogens is 284 g/mol. The van der Waals surface area contributed by atoms with Gasteiger partial charge in [0.05, 0.1) is 21.6 Å². The van der Waals surface area contributed by atoms with Crippen molar-refractivity contribution in [2.45, 2.75) is 25.4 Å². The molecule has 0 aliphatic heterocycles. The number of nitro groups is 1. The van der Waals surface area contributed by atoms with Crippen LogP contribution in [0.5, 0.6) is 0 Å². The number of non-ortho nitro benzene ring substituents is 1. The second kappa shape index (κ2) is 6.19. The summed E-state index contributed by atoms with van der Waals surface area (Å²) in [6, 6.07) is 3.76. The van der Waals surface area contributed by atoms with E-state index < -0.39 is 4.92 Å². The molecule has 6 nitrogen and oxygen atoms in total. The highest BCUT2D eigenvalue weighted by atomic mass is 35.5. The first-order valence-electron chi connectivity index (χ1n) is 6.37. The predicted molar refractivity (Wildman–Crippen MR) is 73.8 cm³/mol. The maximum Gasteiger partial charge on any atom is 0.270 e. The molecule has 2 N–H and O–H groups in total. The zero-order chi connectivity index (χ0) is 14.7. The van der Waals surface area contributed by atoms with Gasteiger partial charge in [-0.1, -0.05) is 11.6 Å². The number of nitro benzene ring substituents is 1. The second-order valence-electron chi connectivity index (χ2n) is 4.96. The fourth-order valence-electron chi connectivity index (χ4n) is 2.37. The Morgan fingerprint density at radius 2 is 2.25 bits per heavy atom. The molecule has 1 aromatic carbocycles. The monoisotopic (exact) mass is 298 g/mol. The average Bonchev–Trinajstić information content (AvgIpc) is 2.81. The number of amides is 1. The maximum absolute atomic E-state index is 12.0. The molecule has 0 heterocycles. The van der Waals surface area contributed by atoms with Crippen LogP contribution in [0.2, 0.25) is 5.02 Å². The summed E-state index contributed by atoms with van der Waals surface area (Å²) in [7, 11) is 0. The number of rotatable bonds is 4. The van der Waals surface area contributed by atoms with E-state index in [1.807, 2.05) is 0 Å². The number of aliphatic hydroxyl groups excluding tert-OH is 1. The normalized spacial score (nSPS) is 21.7. The molecule has 2 unspecified atom stereocenters. The summed E-state index contributed by atoms with van der Waals surface area (Å²) < 4.78 is 0. The van der Waals surface area contributed by atoms with Crippen molar-refractivity contribution in [3.63, 3.8) is 0 Å². The van der Waals surface area contributed by atoms with Crippen molar-refractivity contribution in [1.82, 2.24) is 5.32 Å². The van der Waals surface area contributed by atoms with Crippen molar-refractivity contribution in [2.75, 3.05) is 6.54 Å². The third-order valence-electron chi connectivity index (χ3n) is 3.47. The Balaban J connectivity index is 1.97. The van der Waals surface area contributed by atoms with Crippen LogP contribution < -0.4 is 5.32 Å². The summed E-state index contributed by atoms with van der Waals surface area (Å²) >= 11 is 5.88. The first-order chi connectivity index (χ1) is 9.47. The first-order valence-corrected chi connectivity index (χ1v) is 6.75. The molecule has 0 aromatic heterocycles. The summed E-state index contributed by atoms with van der Waals surface area (Å²) in [6.45, 7) is 0.475. The molecule has 2 rings (SSSR count). The SMILES string of the molecule is O=C(NCC1CCC(O)C1)c1ccc([N+](=O)[O-])cc1Cl. The van der Waals surface area contributed by atoms with Crippen molar-refractivity contribution in [2.24, 2.45) is 5.92 Å². The van der Waals surface area contributed by atoms with Gasteiger partial charge in [0.1, 0.15) is 0 Å². The summed E-state index contributed by atoms with van der Waals surface area (Å²) in [5.74, 6) is -0.0861. The topological polar surface area (TPSA) is 92.5 Å². The Kier molecular flexibility index (Phi) is 4.57. The lowest BCUT2D eigenvalue weighted by molar-refractivity contribution is -0.384. The molecule has 1 saturated carbocycles. The molecule has 2 atom stereocenters. The number of carbonyl (C=O) groups excluding carboxylic acids is 1. The highest BCUT2D eigenvalue weighted by Crippen LogP contribution is 2.25. The van der Waals surface area contributed by atoms with Gasteiger partial charge in [-0.15, -0.1) is 0 Å². The number of nitrogens with one attached hydrogen (secondary N) is 1. The fraction of sp³-hybridized carbons (Fsp3) is 0.462. The first kappa shape index (κ1) is 14.7. The van der Waals surface area contributed by atoms with E-state index >= 15 is 0 Å². The zero-order valence-electron chi connectivity index (χ0n) is 10.7. The fourth-order valence-corrected chi connectivity index (χ4v) is 2.63. The number of hydrogen-bond acceptors (Lipinski definition) is 4. The van der Waals surface area contributed by atoms with Crippen LogP contribution in [0.4, 0.5) is 5.69 Å². The summed E-state index contributed by atoms with van der Waals surface area (Å²) in [5.41, 5.74) is 0.0706. The maximum atomic E-state index is 12.0. The molecule has 0 radical (unpaired) electrons. The smallest absolute Gasteiger partial charge is 0.270 e. The van der Waals surface area contributed by atoms with Crippen LogP contribution in [0.1, 0.15) is 29.6 Å². The number of benzene rings is 1. The minimum Gasteiger partial charge on any atom is -0.393 e. The number of halogens is 1. The molecule has 20 heavy (non-hydrogen) atoms. The highest BCUT2D eigenvalue weighted by Gasteiger charge is 2.23. The van der Waals surface area contributed by atoms with Gasteiger partial charge in [-0.3, -0.25) is 14.9 Å². The molecule has 1 aromatic rings.